The van der Waals surface area contributed by atoms with Crippen LogP contribution in [-0.2, 0) is 6.42 Å². The molecule has 1 heteroatoms. The van der Waals surface area contributed by atoms with Gasteiger partial charge in [0, 0.05) is 0 Å². The molecule has 0 bridgehead atoms. The van der Waals surface area contributed by atoms with Crippen LogP contribution in [-0.4, -0.2) is 7.11 Å². The Morgan fingerprint density at radius 2 is 1.23 bits per heavy atom. The molecule has 0 aliphatic carbocycles. The lowest BCUT2D eigenvalue weighted by atomic mass is 10.1. The van der Waals surface area contributed by atoms with Gasteiger partial charge in [-0.2, -0.15) is 0 Å². The molecule has 2 aromatic carbocycles. The van der Waals surface area contributed by atoms with Gasteiger partial charge in [0.25, 0.3) is 0 Å². The average Bonchev–Trinajstić information content (AvgIpc) is 2.60. The van der Waals surface area contributed by atoms with Crippen LogP contribution in [0.2, 0.25) is 0 Å². The Hall–Kier alpha value is -1.76. The largest absolute Gasteiger partial charge is 0.497 e. The van der Waals surface area contributed by atoms with Crippen molar-refractivity contribution in [3.8, 4) is 5.75 Å². The van der Waals surface area contributed by atoms with E-state index < -0.39 is 0 Å². The van der Waals surface area contributed by atoms with Gasteiger partial charge in [-0.25, -0.2) is 0 Å². The highest BCUT2D eigenvalue weighted by Gasteiger charge is 1.92. The molecule has 0 aliphatic heterocycles. The number of para-hydroxylation sites is 1. The third kappa shape index (κ3) is 9.23. The van der Waals surface area contributed by atoms with E-state index in [-0.39, 0.29) is 0 Å². The molecule has 0 radical (unpaired) electrons. The van der Waals surface area contributed by atoms with E-state index in [0.29, 0.717) is 0 Å². The van der Waals surface area contributed by atoms with Crippen LogP contribution in [0.4, 0.5) is 0 Å². The van der Waals surface area contributed by atoms with E-state index in [2.05, 4.69) is 37.3 Å². The van der Waals surface area contributed by atoms with Crippen LogP contribution < -0.4 is 4.74 Å². The van der Waals surface area contributed by atoms with Crippen molar-refractivity contribution in [2.45, 2.75) is 51.9 Å². The molecule has 0 amide bonds. The van der Waals surface area contributed by atoms with Gasteiger partial charge in [0.2, 0.25) is 0 Å². The Morgan fingerprint density at radius 1 is 0.682 bits per heavy atom. The number of hydrogen-bond acceptors (Lipinski definition) is 1. The summed E-state index contributed by atoms with van der Waals surface area (Å²) in [6.07, 6.45) is 9.60. The van der Waals surface area contributed by atoms with Gasteiger partial charge in [0.1, 0.15) is 5.75 Å². The normalized spacial score (nSPS) is 9.73. The molecule has 0 unspecified atom stereocenters. The first-order valence-corrected chi connectivity index (χ1v) is 8.49. The summed E-state index contributed by atoms with van der Waals surface area (Å²) in [7, 11) is 1.66. The summed E-state index contributed by atoms with van der Waals surface area (Å²) in [5.74, 6) is 0.910. The Morgan fingerprint density at radius 3 is 1.77 bits per heavy atom. The molecule has 0 saturated carbocycles. The molecule has 2 rings (SSSR count). The van der Waals surface area contributed by atoms with Crippen LogP contribution in [0.25, 0.3) is 0 Å². The fourth-order valence-corrected chi connectivity index (χ4v) is 2.31. The maximum absolute atomic E-state index is 4.91. The van der Waals surface area contributed by atoms with E-state index in [0.717, 1.165) is 5.75 Å². The van der Waals surface area contributed by atoms with Gasteiger partial charge < -0.3 is 4.74 Å². The van der Waals surface area contributed by atoms with Gasteiger partial charge in [-0.15, -0.1) is 0 Å². The van der Waals surface area contributed by atoms with E-state index in [9.17, 15) is 0 Å². The Balaban J connectivity index is 0.000000255. The summed E-state index contributed by atoms with van der Waals surface area (Å²) in [6.45, 7) is 2.27. The van der Waals surface area contributed by atoms with Crippen molar-refractivity contribution in [2.75, 3.05) is 7.11 Å². The molecular weight excluding hydrogens is 268 g/mol. The lowest BCUT2D eigenvalue weighted by Gasteiger charge is -2.01. The van der Waals surface area contributed by atoms with Crippen molar-refractivity contribution in [2.24, 2.45) is 0 Å². The van der Waals surface area contributed by atoms with E-state index in [1.54, 1.807) is 7.11 Å². The SMILES string of the molecule is CCCCCCCCc1ccccc1.COc1ccccc1. The second-order valence-corrected chi connectivity index (χ2v) is 5.52. The van der Waals surface area contributed by atoms with Crippen molar-refractivity contribution < 1.29 is 4.74 Å². The number of rotatable bonds is 8. The Bertz CT molecular complexity index is 450. The number of aryl methyl sites for hydroxylation is 1. The van der Waals surface area contributed by atoms with Crippen LogP contribution in [0.5, 0.6) is 5.75 Å². The van der Waals surface area contributed by atoms with Crippen LogP contribution in [0, 0.1) is 0 Å². The third-order valence-corrected chi connectivity index (χ3v) is 3.64. The summed E-state index contributed by atoms with van der Waals surface area (Å²) >= 11 is 0. The highest BCUT2D eigenvalue weighted by atomic mass is 16.5. The minimum Gasteiger partial charge on any atom is -0.497 e. The highest BCUT2D eigenvalue weighted by Crippen LogP contribution is 2.09. The molecule has 0 aromatic heterocycles. The zero-order chi connectivity index (χ0) is 15.9. The molecule has 0 fully saturated rings. The predicted octanol–water partition coefficient (Wildman–Crippen LogP) is 6.28. The molecule has 0 atom stereocenters. The number of unbranched alkanes of at least 4 members (excludes halogenated alkanes) is 5. The standard InChI is InChI=1S/C14H22.C7H8O/c1-2-3-4-5-6-8-11-14-12-9-7-10-13-14;1-8-7-5-3-2-4-6-7/h7,9-10,12-13H,2-6,8,11H2,1H3;2-6H,1H3. The van der Waals surface area contributed by atoms with E-state index in [1.807, 2.05) is 30.3 Å². The minimum absolute atomic E-state index is 0.910. The molecular formula is C21H30O. The first-order chi connectivity index (χ1) is 10.9. The van der Waals surface area contributed by atoms with E-state index in [1.165, 1.54) is 50.5 Å². The van der Waals surface area contributed by atoms with Crippen molar-refractivity contribution in [1.29, 1.82) is 0 Å². The van der Waals surface area contributed by atoms with Crippen LogP contribution >= 0.6 is 0 Å². The third-order valence-electron chi connectivity index (χ3n) is 3.64. The van der Waals surface area contributed by atoms with Gasteiger partial charge in [-0.1, -0.05) is 87.6 Å². The van der Waals surface area contributed by atoms with Gasteiger partial charge >= 0.3 is 0 Å². The van der Waals surface area contributed by atoms with Gasteiger partial charge in [0.05, 0.1) is 7.11 Å². The fourth-order valence-electron chi connectivity index (χ4n) is 2.31. The van der Waals surface area contributed by atoms with Crippen molar-refractivity contribution in [3.05, 3.63) is 66.2 Å². The van der Waals surface area contributed by atoms with Gasteiger partial charge in [-0.05, 0) is 30.5 Å². The second kappa shape index (κ2) is 12.9. The molecule has 22 heavy (non-hydrogen) atoms. The second-order valence-electron chi connectivity index (χ2n) is 5.52. The molecule has 2 aromatic rings. The quantitative estimate of drug-likeness (QED) is 0.521. The van der Waals surface area contributed by atoms with Crippen LogP contribution in [0.3, 0.4) is 0 Å². The zero-order valence-corrected chi connectivity index (χ0v) is 14.1. The maximum Gasteiger partial charge on any atom is 0.118 e. The molecule has 120 valence electrons. The number of benzene rings is 2. The lowest BCUT2D eigenvalue weighted by Crippen LogP contribution is -1.85. The molecule has 0 spiro atoms. The number of hydrogen-bond donors (Lipinski definition) is 0. The zero-order valence-electron chi connectivity index (χ0n) is 14.1. The van der Waals surface area contributed by atoms with Crippen molar-refractivity contribution >= 4 is 0 Å². The Labute approximate surface area is 136 Å². The molecule has 0 aliphatic rings. The fraction of sp³-hybridized carbons (Fsp3) is 0.429. The predicted molar refractivity (Wildman–Crippen MR) is 96.5 cm³/mol. The van der Waals surface area contributed by atoms with E-state index >= 15 is 0 Å². The minimum atomic E-state index is 0.910. The maximum atomic E-state index is 4.91. The first-order valence-electron chi connectivity index (χ1n) is 8.49. The first kappa shape index (κ1) is 18.3. The summed E-state index contributed by atoms with van der Waals surface area (Å²) in [5, 5.41) is 0. The highest BCUT2D eigenvalue weighted by molar-refractivity contribution is 5.20. The Kier molecular flexibility index (Phi) is 10.8. The lowest BCUT2D eigenvalue weighted by molar-refractivity contribution is 0.415. The van der Waals surface area contributed by atoms with Crippen molar-refractivity contribution in [1.82, 2.24) is 0 Å². The van der Waals surface area contributed by atoms with E-state index in [4.69, 9.17) is 4.74 Å². The summed E-state index contributed by atoms with van der Waals surface area (Å²) < 4.78 is 4.91. The van der Waals surface area contributed by atoms with Crippen LogP contribution in [0.1, 0.15) is 51.0 Å². The monoisotopic (exact) mass is 298 g/mol. The van der Waals surface area contributed by atoms with Gasteiger partial charge in [-0.3, -0.25) is 0 Å². The molecule has 0 heterocycles. The average molecular weight is 298 g/mol. The van der Waals surface area contributed by atoms with Gasteiger partial charge in [0.15, 0.2) is 0 Å². The summed E-state index contributed by atoms with van der Waals surface area (Å²) in [6, 6.07) is 20.5. The number of ether oxygens (including phenoxy) is 1. The van der Waals surface area contributed by atoms with Crippen molar-refractivity contribution in [3.63, 3.8) is 0 Å². The molecule has 1 nitrogen and oxygen atoms in total. The topological polar surface area (TPSA) is 9.23 Å². The number of methoxy groups -OCH3 is 1. The smallest absolute Gasteiger partial charge is 0.118 e. The summed E-state index contributed by atoms with van der Waals surface area (Å²) in [5.41, 5.74) is 1.49. The molecule has 0 saturated heterocycles. The molecule has 0 N–H and O–H groups in total. The van der Waals surface area contributed by atoms with Crippen LogP contribution in [0.15, 0.2) is 60.7 Å². The summed E-state index contributed by atoms with van der Waals surface area (Å²) in [4.78, 5) is 0.